The molecule has 30 heavy (non-hydrogen) atoms. The lowest BCUT2D eigenvalue weighted by atomic mass is 9.94. The van der Waals surface area contributed by atoms with Gasteiger partial charge in [-0.1, -0.05) is 26.0 Å². The maximum Gasteiger partial charge on any atom is 0.227 e. The summed E-state index contributed by atoms with van der Waals surface area (Å²) in [7, 11) is 0. The first-order valence-electron chi connectivity index (χ1n) is 10.4. The van der Waals surface area contributed by atoms with E-state index in [-0.39, 0.29) is 30.0 Å². The lowest BCUT2D eigenvalue weighted by Gasteiger charge is -2.32. The van der Waals surface area contributed by atoms with Crippen LogP contribution in [-0.2, 0) is 11.2 Å². The Labute approximate surface area is 175 Å². The molecule has 156 valence electrons. The number of benzene rings is 1. The molecule has 3 heterocycles. The highest BCUT2D eigenvalue weighted by Crippen LogP contribution is 2.27. The van der Waals surface area contributed by atoms with E-state index in [2.05, 4.69) is 23.8 Å². The van der Waals surface area contributed by atoms with Gasteiger partial charge in [-0.2, -0.15) is 0 Å². The molecule has 0 aliphatic carbocycles. The fourth-order valence-electron chi connectivity index (χ4n) is 3.95. The first-order valence-corrected chi connectivity index (χ1v) is 10.4. The number of nitrogens with zero attached hydrogens (tertiary/aromatic N) is 5. The quantitative estimate of drug-likeness (QED) is 0.644. The van der Waals surface area contributed by atoms with Gasteiger partial charge in [-0.05, 0) is 30.5 Å². The lowest BCUT2D eigenvalue weighted by molar-refractivity contribution is -0.131. The number of hydrogen-bond donors (Lipinski definition) is 0. The molecule has 1 atom stereocenters. The molecule has 0 radical (unpaired) electrons. The minimum atomic E-state index is -0.291. The predicted octanol–water partition coefficient (Wildman–Crippen LogP) is 3.87. The van der Waals surface area contributed by atoms with Crippen LogP contribution in [0.3, 0.4) is 0 Å². The summed E-state index contributed by atoms with van der Waals surface area (Å²) < 4.78 is 15.1. The van der Waals surface area contributed by atoms with Crippen LogP contribution in [0.25, 0.3) is 5.82 Å². The minimum Gasteiger partial charge on any atom is -0.342 e. The van der Waals surface area contributed by atoms with Gasteiger partial charge in [-0.15, -0.1) is 0 Å². The maximum atomic E-state index is 13.1. The van der Waals surface area contributed by atoms with Crippen LogP contribution in [0, 0.1) is 5.82 Å². The van der Waals surface area contributed by atoms with Gasteiger partial charge < -0.3 is 4.90 Å². The number of amides is 1. The Morgan fingerprint density at radius 1 is 1.23 bits per heavy atom. The third-order valence-electron chi connectivity index (χ3n) is 5.53. The highest BCUT2D eigenvalue weighted by atomic mass is 19.1. The largest absolute Gasteiger partial charge is 0.342 e. The molecular formula is C23H26FN5O. The van der Waals surface area contributed by atoms with Crippen LogP contribution in [0.15, 0.2) is 49.1 Å². The van der Waals surface area contributed by atoms with E-state index in [0.717, 1.165) is 42.3 Å². The smallest absolute Gasteiger partial charge is 0.227 e. The van der Waals surface area contributed by atoms with Gasteiger partial charge in [-0.25, -0.2) is 14.4 Å². The van der Waals surface area contributed by atoms with Gasteiger partial charge in [-0.3, -0.25) is 14.3 Å². The Bertz CT molecular complexity index is 1010. The third-order valence-corrected chi connectivity index (χ3v) is 5.53. The normalized spacial score (nSPS) is 16.8. The molecule has 1 aliphatic rings. The lowest BCUT2D eigenvalue weighted by Crippen LogP contribution is -2.40. The maximum absolute atomic E-state index is 13.1. The standard InChI is InChI=1S/C23H26FN5O/c1-16(2)23-26-9-11-29(23)21-14-25-13-20(27-21)18-4-3-10-28(15-18)22(30)12-17-5-7-19(24)8-6-17/h5-9,11,13-14,16,18H,3-4,10,12,15H2,1-2H3. The Balaban J connectivity index is 1.48. The first kappa shape index (κ1) is 20.2. The molecule has 1 aromatic carbocycles. The van der Waals surface area contributed by atoms with Crippen molar-refractivity contribution in [1.82, 2.24) is 24.4 Å². The van der Waals surface area contributed by atoms with E-state index < -0.39 is 0 Å². The fraction of sp³-hybridized carbons (Fsp3) is 0.391. The second-order valence-electron chi connectivity index (χ2n) is 8.09. The molecule has 4 rings (SSSR count). The Morgan fingerprint density at radius 2 is 2.03 bits per heavy atom. The van der Waals surface area contributed by atoms with Crippen molar-refractivity contribution < 1.29 is 9.18 Å². The van der Waals surface area contributed by atoms with Crippen LogP contribution in [0.2, 0.25) is 0 Å². The molecule has 1 saturated heterocycles. The summed E-state index contributed by atoms with van der Waals surface area (Å²) in [6, 6.07) is 6.12. The van der Waals surface area contributed by atoms with Crippen LogP contribution in [-0.4, -0.2) is 43.4 Å². The van der Waals surface area contributed by atoms with Crippen molar-refractivity contribution in [3.05, 3.63) is 72.0 Å². The number of rotatable bonds is 5. The van der Waals surface area contributed by atoms with Crippen molar-refractivity contribution >= 4 is 5.91 Å². The van der Waals surface area contributed by atoms with Crippen molar-refractivity contribution in [2.45, 2.75) is 44.9 Å². The third kappa shape index (κ3) is 4.40. The number of carbonyl (C=O) groups excluding carboxylic acids is 1. The molecule has 1 aliphatic heterocycles. The van der Waals surface area contributed by atoms with Gasteiger partial charge in [0.2, 0.25) is 5.91 Å². The molecule has 0 N–H and O–H groups in total. The topological polar surface area (TPSA) is 63.9 Å². The minimum absolute atomic E-state index is 0.0622. The predicted molar refractivity (Wildman–Crippen MR) is 112 cm³/mol. The number of aromatic nitrogens is 4. The van der Waals surface area contributed by atoms with Crippen molar-refractivity contribution in [2.24, 2.45) is 0 Å². The number of imidazole rings is 1. The summed E-state index contributed by atoms with van der Waals surface area (Å²) in [5.41, 5.74) is 1.72. The molecule has 2 aromatic heterocycles. The number of hydrogen-bond acceptors (Lipinski definition) is 4. The Hall–Kier alpha value is -3.09. The van der Waals surface area contributed by atoms with Gasteiger partial charge in [0.15, 0.2) is 5.82 Å². The van der Waals surface area contributed by atoms with Gasteiger partial charge >= 0.3 is 0 Å². The first-order chi connectivity index (χ1) is 14.5. The summed E-state index contributed by atoms with van der Waals surface area (Å²) in [5.74, 6) is 1.90. The van der Waals surface area contributed by atoms with E-state index in [1.54, 1.807) is 30.7 Å². The molecule has 3 aromatic rings. The summed E-state index contributed by atoms with van der Waals surface area (Å²) in [6.45, 7) is 5.56. The summed E-state index contributed by atoms with van der Waals surface area (Å²) in [6.07, 6.45) is 9.41. The molecule has 0 spiro atoms. The average Bonchev–Trinajstić information content (AvgIpc) is 3.26. The number of halogens is 1. The summed E-state index contributed by atoms with van der Waals surface area (Å²) >= 11 is 0. The van der Waals surface area contributed by atoms with Crippen molar-refractivity contribution in [2.75, 3.05) is 13.1 Å². The Morgan fingerprint density at radius 3 is 2.80 bits per heavy atom. The van der Waals surface area contributed by atoms with Gasteiger partial charge in [0.25, 0.3) is 0 Å². The summed E-state index contributed by atoms with van der Waals surface area (Å²) in [5, 5.41) is 0. The Kier molecular flexibility index (Phi) is 5.88. The highest BCUT2D eigenvalue weighted by molar-refractivity contribution is 5.79. The van der Waals surface area contributed by atoms with Crippen molar-refractivity contribution in [3.8, 4) is 5.82 Å². The van der Waals surface area contributed by atoms with E-state index in [1.165, 1.54) is 12.1 Å². The van der Waals surface area contributed by atoms with Crippen LogP contribution < -0.4 is 0 Å². The zero-order valence-corrected chi connectivity index (χ0v) is 17.3. The van der Waals surface area contributed by atoms with Crippen molar-refractivity contribution in [1.29, 1.82) is 0 Å². The summed E-state index contributed by atoms with van der Waals surface area (Å²) in [4.78, 5) is 28.4. The van der Waals surface area contributed by atoms with Crippen molar-refractivity contribution in [3.63, 3.8) is 0 Å². The molecule has 1 unspecified atom stereocenters. The molecule has 7 heteroatoms. The van der Waals surface area contributed by atoms with Crippen LogP contribution in [0.4, 0.5) is 4.39 Å². The fourth-order valence-corrected chi connectivity index (χ4v) is 3.95. The van der Waals surface area contributed by atoms with Crippen LogP contribution >= 0.6 is 0 Å². The zero-order chi connectivity index (χ0) is 21.1. The molecule has 6 nitrogen and oxygen atoms in total. The zero-order valence-electron chi connectivity index (χ0n) is 17.3. The average molecular weight is 407 g/mol. The van der Waals surface area contributed by atoms with E-state index in [1.807, 2.05) is 15.7 Å². The second kappa shape index (κ2) is 8.73. The molecule has 1 amide bonds. The van der Waals surface area contributed by atoms with E-state index >= 15 is 0 Å². The molecule has 1 fully saturated rings. The second-order valence-corrected chi connectivity index (χ2v) is 8.09. The molecular weight excluding hydrogens is 381 g/mol. The highest BCUT2D eigenvalue weighted by Gasteiger charge is 2.26. The van der Waals surface area contributed by atoms with Crippen LogP contribution in [0.1, 0.15) is 55.6 Å². The van der Waals surface area contributed by atoms with Gasteiger partial charge in [0.1, 0.15) is 11.6 Å². The van der Waals surface area contributed by atoms with Gasteiger partial charge in [0.05, 0.1) is 18.3 Å². The number of likely N-dealkylation sites (tertiary alicyclic amines) is 1. The molecule has 0 bridgehead atoms. The number of carbonyl (C=O) groups is 1. The monoisotopic (exact) mass is 407 g/mol. The van der Waals surface area contributed by atoms with Crippen LogP contribution in [0.5, 0.6) is 0 Å². The SMILES string of the molecule is CC(C)c1nccn1-c1cncc(C2CCCN(C(=O)Cc3ccc(F)cc3)C2)n1. The van der Waals surface area contributed by atoms with E-state index in [4.69, 9.17) is 4.98 Å². The molecule has 0 saturated carbocycles. The van der Waals surface area contributed by atoms with Gasteiger partial charge in [0, 0.05) is 43.5 Å². The van der Waals surface area contributed by atoms with E-state index in [0.29, 0.717) is 6.54 Å². The number of piperidine rings is 1. The van der Waals surface area contributed by atoms with E-state index in [9.17, 15) is 9.18 Å².